The minimum atomic E-state index is -0.935. The number of aromatic nitrogens is 6. The molecule has 4 bridgehead atoms. The molecule has 0 radical (unpaired) electrons. The first-order valence-electron chi connectivity index (χ1n) is 30.6. The number of hydrogen-bond acceptors (Lipinski definition) is 14. The van der Waals surface area contributed by atoms with Gasteiger partial charge in [-0.3, -0.25) is 19.8 Å². The van der Waals surface area contributed by atoms with Crippen LogP contribution in [0.4, 0.5) is 38.0 Å². The predicted molar refractivity (Wildman–Crippen MR) is 325 cm³/mol. The number of nitrogens with zero attached hydrogens (tertiary/aromatic N) is 10. The normalized spacial score (nSPS) is 26.2. The molecule has 8 aliphatic rings. The average molecular weight is 1190 g/mol. The largest absolute Gasteiger partial charge is 0.508 e. The van der Waals surface area contributed by atoms with Crippen molar-refractivity contribution in [2.45, 2.75) is 125 Å². The molecule has 0 spiro atoms. The lowest BCUT2D eigenvalue weighted by Gasteiger charge is -2.34. The number of piperazine rings is 2. The number of terminal acetylenes is 1. The Bertz CT molecular complexity index is 4380. The molecule has 4 aromatic heterocycles. The number of phenols is 2. The van der Waals surface area contributed by atoms with E-state index in [1.54, 1.807) is 18.3 Å². The molecule has 16 rings (SSSR count). The van der Waals surface area contributed by atoms with Crippen molar-refractivity contribution in [3.63, 3.8) is 0 Å². The number of pyridine rings is 2. The predicted octanol–water partition coefficient (Wildman–Crippen LogP) is 9.94. The number of benzene rings is 4. The van der Waals surface area contributed by atoms with Gasteiger partial charge in [0.25, 0.3) is 0 Å². The van der Waals surface area contributed by atoms with Gasteiger partial charge in [-0.1, -0.05) is 36.8 Å². The van der Waals surface area contributed by atoms with E-state index in [4.69, 9.17) is 16.4 Å². The lowest BCUT2D eigenvalue weighted by Crippen LogP contribution is -2.51. The highest BCUT2D eigenvalue weighted by Gasteiger charge is 2.49. The van der Waals surface area contributed by atoms with E-state index >= 15 is 8.78 Å². The molecule has 8 aromatic rings. The molecule has 4 N–H and O–H groups in total. The van der Waals surface area contributed by atoms with Crippen LogP contribution in [-0.2, 0) is 6.42 Å². The van der Waals surface area contributed by atoms with Crippen molar-refractivity contribution in [2.24, 2.45) is 0 Å². The summed E-state index contributed by atoms with van der Waals surface area (Å²) in [5.41, 5.74) is -0.358. The van der Waals surface area contributed by atoms with E-state index in [-0.39, 0.29) is 62.1 Å². The van der Waals surface area contributed by atoms with Gasteiger partial charge in [0, 0.05) is 105 Å². The van der Waals surface area contributed by atoms with Gasteiger partial charge in [0.15, 0.2) is 11.6 Å². The number of phenolic OH excluding ortho intramolecular Hbond substituents is 2. The van der Waals surface area contributed by atoms with Crippen LogP contribution in [0.2, 0.25) is 0 Å². The van der Waals surface area contributed by atoms with Crippen LogP contribution in [0.5, 0.6) is 11.5 Å². The molecular formula is C68H62F6N12O2. The van der Waals surface area contributed by atoms with Crippen molar-refractivity contribution >= 4 is 55.0 Å². The Hall–Kier alpha value is -8.32. The summed E-state index contributed by atoms with van der Waals surface area (Å²) in [7, 11) is 0. The summed E-state index contributed by atoms with van der Waals surface area (Å²) in [6.07, 6.45) is 15.7. The van der Waals surface area contributed by atoms with E-state index in [9.17, 15) is 27.8 Å². The third-order valence-electron chi connectivity index (χ3n) is 19.6. The van der Waals surface area contributed by atoms with Gasteiger partial charge < -0.3 is 30.6 Å². The first kappa shape index (κ1) is 56.2. The zero-order valence-electron chi connectivity index (χ0n) is 48.4. The Morgan fingerprint density at radius 1 is 0.602 bits per heavy atom. The minimum Gasteiger partial charge on any atom is -0.508 e. The Morgan fingerprint density at radius 3 is 1.52 bits per heavy atom. The van der Waals surface area contributed by atoms with Gasteiger partial charge in [0.2, 0.25) is 11.6 Å². The van der Waals surface area contributed by atoms with Crippen molar-refractivity contribution < 1.29 is 36.6 Å². The number of anilines is 2. The van der Waals surface area contributed by atoms with Gasteiger partial charge in [-0.2, -0.15) is 0 Å². The monoisotopic (exact) mass is 1190 g/mol. The van der Waals surface area contributed by atoms with E-state index in [1.807, 2.05) is 6.92 Å². The summed E-state index contributed by atoms with van der Waals surface area (Å²) >= 11 is 0. The standard InChI is InChI=1S/C34H33F3N6O.C34H29F3N6O/c2*1-2-24-27(36)7-4-19-12-23(44)13-25(29(19)24)31-30(37)32-26(15-38-31)33(42-17-21-5-6-22(18-42)39-21)41-28(40-32)8-10-34-9-3-11-43(34)16-20(35)14-34/h4,7,12-13,15,20-22,39,44H,2-3,5-6,9,11,14,16-18H2,1H3;1,4,7,12-13,15,20-22,39,44H,3,5-6,9,11,14,16-18H2. The molecule has 4 aromatic carbocycles. The molecule has 14 nitrogen and oxygen atoms in total. The quantitative estimate of drug-likeness (QED) is 0.0955. The lowest BCUT2D eigenvalue weighted by atomic mass is 9.94. The van der Waals surface area contributed by atoms with Gasteiger partial charge in [-0.25, -0.2) is 46.3 Å². The Labute approximate surface area is 504 Å². The van der Waals surface area contributed by atoms with Gasteiger partial charge in [-0.15, -0.1) is 6.42 Å². The van der Waals surface area contributed by atoms with Crippen molar-refractivity contribution in [3.05, 3.63) is 107 Å². The summed E-state index contributed by atoms with van der Waals surface area (Å²) in [4.78, 5) is 36.5. The molecule has 8 aliphatic heterocycles. The Balaban J connectivity index is 0.000000148. The van der Waals surface area contributed by atoms with E-state index in [2.05, 4.69) is 79.8 Å². The maximum Gasteiger partial charge on any atom is 0.207 e. The fraction of sp³-hybridized carbons (Fsp3) is 0.412. The zero-order chi connectivity index (χ0) is 60.3. The number of halogens is 6. The molecule has 0 saturated carbocycles. The van der Waals surface area contributed by atoms with Crippen LogP contribution in [0.25, 0.3) is 65.9 Å². The summed E-state index contributed by atoms with van der Waals surface area (Å²) in [5.74, 6) is 14.0. The first-order valence-corrected chi connectivity index (χ1v) is 30.6. The molecule has 8 unspecified atom stereocenters. The van der Waals surface area contributed by atoms with Gasteiger partial charge in [-0.05, 0) is 141 Å². The third-order valence-corrected chi connectivity index (χ3v) is 19.6. The molecule has 8 atom stereocenters. The number of fused-ring (bicyclic) bond motifs is 10. The van der Waals surface area contributed by atoms with Crippen molar-refractivity contribution in [3.8, 4) is 70.0 Å². The summed E-state index contributed by atoms with van der Waals surface area (Å²) in [5, 5.41) is 31.0. The second-order valence-electron chi connectivity index (χ2n) is 25.1. The smallest absolute Gasteiger partial charge is 0.207 e. The topological polar surface area (TPSA) is 155 Å². The number of rotatable bonds is 5. The van der Waals surface area contributed by atoms with Crippen molar-refractivity contribution in [1.82, 2.24) is 50.3 Å². The highest BCUT2D eigenvalue weighted by molar-refractivity contribution is 6.04. The van der Waals surface area contributed by atoms with Crippen LogP contribution < -0.4 is 20.4 Å². The number of nitrogens with one attached hydrogen (secondary N) is 2. The van der Waals surface area contributed by atoms with Crippen LogP contribution in [0.15, 0.2) is 60.9 Å². The van der Waals surface area contributed by atoms with Crippen LogP contribution in [-0.4, -0.2) is 150 Å². The summed E-state index contributed by atoms with van der Waals surface area (Å²) in [6.45, 7) is 7.02. The van der Waals surface area contributed by atoms with Crippen molar-refractivity contribution in [1.29, 1.82) is 0 Å². The molecule has 8 fully saturated rings. The number of alkyl halides is 2. The second kappa shape index (κ2) is 21.8. The van der Waals surface area contributed by atoms with Gasteiger partial charge >= 0.3 is 0 Å². The molecule has 88 heavy (non-hydrogen) atoms. The van der Waals surface area contributed by atoms with E-state index in [0.717, 1.165) is 77.5 Å². The van der Waals surface area contributed by atoms with E-state index in [0.29, 0.717) is 119 Å². The molecule has 448 valence electrons. The first-order chi connectivity index (χ1) is 42.6. The highest BCUT2D eigenvalue weighted by Crippen LogP contribution is 2.44. The molecule has 8 saturated heterocycles. The van der Waals surface area contributed by atoms with Gasteiger partial charge in [0.05, 0.1) is 27.4 Å². The van der Waals surface area contributed by atoms with Crippen LogP contribution in [0.1, 0.15) is 93.9 Å². The molecule has 0 amide bonds. The van der Waals surface area contributed by atoms with Crippen molar-refractivity contribution in [2.75, 3.05) is 62.2 Å². The maximum absolute atomic E-state index is 16.8. The average Bonchev–Trinajstić information content (AvgIpc) is 1.10. The van der Waals surface area contributed by atoms with E-state index < -0.39 is 46.7 Å². The number of aromatic hydroxyl groups is 2. The Morgan fingerprint density at radius 2 is 1.06 bits per heavy atom. The Kier molecular flexibility index (Phi) is 13.9. The molecule has 12 heterocycles. The van der Waals surface area contributed by atoms with Crippen LogP contribution in [0.3, 0.4) is 0 Å². The minimum absolute atomic E-state index is 0.0147. The fourth-order valence-electron chi connectivity index (χ4n) is 15.7. The zero-order valence-corrected chi connectivity index (χ0v) is 48.4. The highest BCUT2D eigenvalue weighted by atomic mass is 19.2. The summed E-state index contributed by atoms with van der Waals surface area (Å²) in [6, 6.07) is 12.6. The number of hydrogen-bond donors (Lipinski definition) is 4. The van der Waals surface area contributed by atoms with Gasteiger partial charge in [0.1, 0.15) is 69.5 Å². The second-order valence-corrected chi connectivity index (χ2v) is 25.1. The van der Waals surface area contributed by atoms with Crippen LogP contribution >= 0.6 is 0 Å². The maximum atomic E-state index is 16.8. The molecule has 0 aliphatic carbocycles. The SMILES string of the molecule is C#Cc1c(F)ccc2cc(O)cc(-c3ncc4c(N5CC6CCC(C5)N6)nc(C#CC56CCCN5CC(F)C6)nc4c3F)c12.CCc1c(F)ccc2cc(O)cc(-c3ncc4c(N5CC6CCC(C5)N6)nc(C#CC56CCCN5CC(F)C6)nc4c3F)c12. The molecular weight excluding hydrogens is 1130 g/mol. The lowest BCUT2D eigenvalue weighted by molar-refractivity contribution is 0.255. The van der Waals surface area contributed by atoms with Crippen LogP contribution in [0, 0.1) is 59.3 Å². The fourth-order valence-corrected chi connectivity index (χ4v) is 15.7. The van der Waals surface area contributed by atoms with E-state index in [1.165, 1.54) is 42.6 Å². The number of aryl methyl sites for hydroxylation is 1. The third kappa shape index (κ3) is 9.64. The molecule has 20 heteroatoms. The summed E-state index contributed by atoms with van der Waals surface area (Å²) < 4.78 is 92.1.